The fraction of sp³-hybridized carbons (Fsp3) is 0.105. The maximum atomic E-state index is 13.0. The minimum Gasteiger partial charge on any atom is -0.387 e. The first-order valence-corrected chi connectivity index (χ1v) is 7.42. The molecule has 23 heavy (non-hydrogen) atoms. The van der Waals surface area contributed by atoms with Gasteiger partial charge in [0, 0.05) is 10.9 Å². The van der Waals surface area contributed by atoms with Gasteiger partial charge in [0.05, 0.1) is 18.3 Å². The highest BCUT2D eigenvalue weighted by atomic mass is 19.1. The molecule has 4 rings (SSSR count). The molecule has 114 valence electrons. The maximum Gasteiger partial charge on any atom is 0.259 e. The fourth-order valence-corrected chi connectivity index (χ4v) is 3.12. The van der Waals surface area contributed by atoms with Gasteiger partial charge in [-0.2, -0.15) is 0 Å². The number of carbonyl (C=O) groups is 1. The summed E-state index contributed by atoms with van der Waals surface area (Å²) in [6, 6.07) is 17.1. The summed E-state index contributed by atoms with van der Waals surface area (Å²) < 4.78 is 13.0. The van der Waals surface area contributed by atoms with Gasteiger partial charge in [0.1, 0.15) is 5.82 Å². The van der Waals surface area contributed by atoms with Crippen LogP contribution in [0.5, 0.6) is 0 Å². The quantitative estimate of drug-likeness (QED) is 0.802. The lowest BCUT2D eigenvalue weighted by atomic mass is 10.1. The molecule has 0 radical (unpaired) electrons. The number of β-amino-alcohol motifs (C(OH)–C–C–N with tert-alkyl or cyclic N) is 1. The van der Waals surface area contributed by atoms with E-state index in [2.05, 4.69) is 0 Å². The molecule has 3 aromatic carbocycles. The van der Waals surface area contributed by atoms with Crippen molar-refractivity contribution in [1.29, 1.82) is 0 Å². The van der Waals surface area contributed by atoms with E-state index in [0.717, 1.165) is 16.5 Å². The summed E-state index contributed by atoms with van der Waals surface area (Å²) in [5, 5.41) is 12.3. The van der Waals surface area contributed by atoms with Crippen LogP contribution in [0.4, 0.5) is 10.1 Å². The molecule has 1 heterocycles. The molecule has 1 unspecified atom stereocenters. The van der Waals surface area contributed by atoms with Crippen LogP contribution >= 0.6 is 0 Å². The molecule has 0 aromatic heterocycles. The van der Waals surface area contributed by atoms with Crippen molar-refractivity contribution in [2.45, 2.75) is 6.10 Å². The minimum absolute atomic E-state index is 0.113. The number of amides is 1. The first-order chi connectivity index (χ1) is 11.1. The highest BCUT2D eigenvalue weighted by Gasteiger charge is 2.31. The number of halogens is 1. The van der Waals surface area contributed by atoms with Gasteiger partial charge in [-0.1, -0.05) is 36.4 Å². The summed E-state index contributed by atoms with van der Waals surface area (Å²) >= 11 is 0. The van der Waals surface area contributed by atoms with Crippen LogP contribution in [0.25, 0.3) is 10.8 Å². The maximum absolute atomic E-state index is 13.0. The van der Waals surface area contributed by atoms with E-state index in [1.165, 1.54) is 24.3 Å². The normalized spacial score (nSPS) is 14.5. The predicted molar refractivity (Wildman–Crippen MR) is 87.0 cm³/mol. The van der Waals surface area contributed by atoms with Gasteiger partial charge >= 0.3 is 0 Å². The van der Waals surface area contributed by atoms with E-state index >= 15 is 0 Å². The van der Waals surface area contributed by atoms with E-state index < -0.39 is 6.10 Å². The van der Waals surface area contributed by atoms with Gasteiger partial charge in [0.2, 0.25) is 0 Å². The number of benzene rings is 3. The Labute approximate surface area is 132 Å². The molecular weight excluding hydrogens is 293 g/mol. The molecule has 3 nitrogen and oxygen atoms in total. The summed E-state index contributed by atoms with van der Waals surface area (Å²) in [7, 11) is 0. The third-order valence-corrected chi connectivity index (χ3v) is 4.26. The molecule has 1 aliphatic heterocycles. The summed E-state index contributed by atoms with van der Waals surface area (Å²) in [4.78, 5) is 14.2. The fourth-order valence-electron chi connectivity index (χ4n) is 3.12. The zero-order valence-corrected chi connectivity index (χ0v) is 12.2. The summed E-state index contributed by atoms with van der Waals surface area (Å²) in [5.74, 6) is -0.465. The Kier molecular flexibility index (Phi) is 3.13. The lowest BCUT2D eigenvalue weighted by molar-refractivity contribution is 0.0969. The molecule has 0 bridgehead atoms. The Hall–Kier alpha value is -2.72. The lowest BCUT2D eigenvalue weighted by Gasteiger charge is -2.21. The van der Waals surface area contributed by atoms with Crippen molar-refractivity contribution in [3.63, 3.8) is 0 Å². The minimum atomic E-state index is -0.871. The third-order valence-electron chi connectivity index (χ3n) is 4.26. The van der Waals surface area contributed by atoms with Crippen molar-refractivity contribution >= 4 is 22.4 Å². The molecule has 3 aromatic rings. The largest absolute Gasteiger partial charge is 0.387 e. The number of aliphatic hydroxyl groups excluding tert-OH is 1. The Morgan fingerprint density at radius 1 is 1.00 bits per heavy atom. The van der Waals surface area contributed by atoms with Crippen molar-refractivity contribution in [2.24, 2.45) is 0 Å². The van der Waals surface area contributed by atoms with Crippen LogP contribution in [0.2, 0.25) is 0 Å². The van der Waals surface area contributed by atoms with Crippen LogP contribution in [0, 0.1) is 5.82 Å². The molecule has 0 aliphatic carbocycles. The Morgan fingerprint density at radius 2 is 1.70 bits per heavy atom. The van der Waals surface area contributed by atoms with Crippen molar-refractivity contribution in [2.75, 3.05) is 11.4 Å². The van der Waals surface area contributed by atoms with Gasteiger partial charge in [-0.05, 0) is 35.2 Å². The van der Waals surface area contributed by atoms with Crippen LogP contribution in [0.1, 0.15) is 22.0 Å². The van der Waals surface area contributed by atoms with E-state index in [1.54, 1.807) is 11.0 Å². The van der Waals surface area contributed by atoms with Crippen molar-refractivity contribution in [3.8, 4) is 0 Å². The second kappa shape index (κ2) is 5.18. The number of rotatable bonds is 3. The Balaban J connectivity index is 1.70. The smallest absolute Gasteiger partial charge is 0.259 e. The predicted octanol–water partition coefficient (Wildman–Crippen LogP) is 3.67. The highest BCUT2D eigenvalue weighted by Crippen LogP contribution is 2.38. The van der Waals surface area contributed by atoms with Gasteiger partial charge < -0.3 is 10.0 Å². The van der Waals surface area contributed by atoms with Gasteiger partial charge in [0.25, 0.3) is 5.91 Å². The number of aliphatic hydroxyl groups is 1. The Bertz CT molecular complexity index is 900. The average molecular weight is 307 g/mol. The zero-order chi connectivity index (χ0) is 16.0. The van der Waals surface area contributed by atoms with Gasteiger partial charge in [-0.3, -0.25) is 4.79 Å². The molecule has 1 amide bonds. The van der Waals surface area contributed by atoms with Crippen LogP contribution in [-0.4, -0.2) is 17.6 Å². The van der Waals surface area contributed by atoms with E-state index in [0.29, 0.717) is 11.1 Å². The number of carbonyl (C=O) groups excluding carboxylic acids is 1. The van der Waals surface area contributed by atoms with E-state index in [4.69, 9.17) is 0 Å². The van der Waals surface area contributed by atoms with Crippen molar-refractivity contribution in [1.82, 2.24) is 0 Å². The van der Waals surface area contributed by atoms with Crippen LogP contribution in [0.15, 0.2) is 60.7 Å². The average Bonchev–Trinajstić information content (AvgIpc) is 2.84. The van der Waals surface area contributed by atoms with Gasteiger partial charge in [0.15, 0.2) is 0 Å². The zero-order valence-electron chi connectivity index (χ0n) is 12.2. The monoisotopic (exact) mass is 307 g/mol. The molecule has 1 N–H and O–H groups in total. The molecule has 0 spiro atoms. The van der Waals surface area contributed by atoms with Crippen LogP contribution < -0.4 is 4.90 Å². The summed E-state index contributed by atoms with van der Waals surface area (Å²) in [5.41, 5.74) is 2.05. The first kappa shape index (κ1) is 13.9. The molecule has 4 heteroatoms. The lowest BCUT2D eigenvalue weighted by Crippen LogP contribution is -2.31. The van der Waals surface area contributed by atoms with Crippen LogP contribution in [-0.2, 0) is 0 Å². The second-order valence-electron chi connectivity index (χ2n) is 5.66. The van der Waals surface area contributed by atoms with E-state index in [9.17, 15) is 14.3 Å². The SMILES string of the molecule is O=C1c2cccc3cccc(c23)N1CC(O)c1ccc(F)cc1. The van der Waals surface area contributed by atoms with Gasteiger partial charge in [-0.25, -0.2) is 4.39 Å². The Morgan fingerprint density at radius 3 is 2.43 bits per heavy atom. The molecule has 1 aliphatic rings. The molecule has 1 atom stereocenters. The summed E-state index contributed by atoms with van der Waals surface area (Å²) in [6.45, 7) is 0.137. The molecule has 0 saturated heterocycles. The topological polar surface area (TPSA) is 40.5 Å². The molecular formula is C19H14FNO2. The standard InChI is InChI=1S/C19H14FNO2/c20-14-9-7-12(8-10-14)17(22)11-21-16-6-2-4-13-3-1-5-15(18(13)16)19(21)23/h1-10,17,22H,11H2. The van der Waals surface area contributed by atoms with Crippen molar-refractivity contribution in [3.05, 3.63) is 77.6 Å². The molecule has 0 fully saturated rings. The van der Waals surface area contributed by atoms with Crippen LogP contribution in [0.3, 0.4) is 0 Å². The van der Waals surface area contributed by atoms with Crippen molar-refractivity contribution < 1.29 is 14.3 Å². The summed E-state index contributed by atoms with van der Waals surface area (Å²) in [6.07, 6.45) is -0.871. The van der Waals surface area contributed by atoms with E-state index in [1.807, 2.05) is 30.3 Å². The number of hydrogen-bond donors (Lipinski definition) is 1. The first-order valence-electron chi connectivity index (χ1n) is 7.42. The molecule has 0 saturated carbocycles. The van der Waals surface area contributed by atoms with E-state index in [-0.39, 0.29) is 18.3 Å². The highest BCUT2D eigenvalue weighted by molar-refractivity contribution is 6.25. The second-order valence-corrected chi connectivity index (χ2v) is 5.66. The number of hydrogen-bond acceptors (Lipinski definition) is 2. The number of nitrogens with zero attached hydrogens (tertiary/aromatic N) is 1. The third kappa shape index (κ3) is 2.19. The van der Waals surface area contributed by atoms with Gasteiger partial charge in [-0.15, -0.1) is 0 Å². The number of anilines is 1.